The molecule has 0 saturated heterocycles. The molecule has 3 N–H and O–H groups in total. The van der Waals surface area contributed by atoms with Crippen molar-refractivity contribution < 1.29 is 13.2 Å². The van der Waals surface area contributed by atoms with Crippen molar-refractivity contribution in [1.29, 1.82) is 0 Å². The average molecular weight is 252 g/mol. The molecule has 0 unspecified atom stereocenters. The van der Waals surface area contributed by atoms with Gasteiger partial charge in [0.2, 0.25) is 10.0 Å². The van der Waals surface area contributed by atoms with Crippen LogP contribution in [0.2, 0.25) is 0 Å². The number of carbonyl (C=O) groups is 1. The van der Waals surface area contributed by atoms with E-state index in [2.05, 4.69) is 17.2 Å². The molecule has 0 saturated carbocycles. The molecule has 0 aliphatic carbocycles. The molecule has 0 atom stereocenters. The molecule has 0 aliphatic rings. The Bertz CT molecular complexity index is 565. The first-order valence-electron chi connectivity index (χ1n) is 4.76. The molecule has 0 bridgehead atoms. The highest BCUT2D eigenvalue weighted by atomic mass is 32.2. The van der Waals surface area contributed by atoms with Crippen LogP contribution in [-0.2, 0) is 21.4 Å². The average Bonchev–Trinajstić information content (AvgIpc) is 2.26. The maximum atomic E-state index is 11.0. The van der Waals surface area contributed by atoms with Crippen LogP contribution in [0.25, 0.3) is 0 Å². The zero-order valence-corrected chi connectivity index (χ0v) is 10.0. The number of amides is 1. The highest BCUT2D eigenvalue weighted by Gasteiger charge is 2.06. The minimum Gasteiger partial charge on any atom is -0.341 e. The van der Waals surface area contributed by atoms with Gasteiger partial charge < -0.3 is 5.32 Å². The first-order chi connectivity index (χ1) is 7.93. The van der Waals surface area contributed by atoms with Gasteiger partial charge in [-0.3, -0.25) is 4.79 Å². The fraction of sp³-hybridized carbons (Fsp3) is 0.182. The SMILES string of the molecule is CC#CC(=O)NCc1ccc(S(N)(=O)=O)cc1. The van der Waals surface area contributed by atoms with Crippen molar-refractivity contribution >= 4 is 15.9 Å². The van der Waals surface area contributed by atoms with Crippen molar-refractivity contribution in [1.82, 2.24) is 5.32 Å². The van der Waals surface area contributed by atoms with Crippen LogP contribution in [0.15, 0.2) is 29.2 Å². The normalized spacial score (nSPS) is 10.2. The first kappa shape index (κ1) is 13.2. The summed E-state index contributed by atoms with van der Waals surface area (Å²) in [5.74, 6) is 4.44. The van der Waals surface area contributed by atoms with E-state index in [1.54, 1.807) is 19.1 Å². The Morgan fingerprint density at radius 2 is 1.94 bits per heavy atom. The molecule has 1 aromatic carbocycles. The third kappa shape index (κ3) is 4.26. The maximum Gasteiger partial charge on any atom is 0.296 e. The summed E-state index contributed by atoms with van der Waals surface area (Å²) in [6, 6.07) is 5.95. The van der Waals surface area contributed by atoms with Gasteiger partial charge in [0, 0.05) is 6.54 Å². The summed E-state index contributed by atoms with van der Waals surface area (Å²) < 4.78 is 22.0. The van der Waals surface area contributed by atoms with Gasteiger partial charge in [0.05, 0.1) is 4.90 Å². The molecule has 5 nitrogen and oxygen atoms in total. The van der Waals surface area contributed by atoms with Crippen molar-refractivity contribution in [2.24, 2.45) is 5.14 Å². The summed E-state index contributed by atoms with van der Waals surface area (Å²) >= 11 is 0. The summed E-state index contributed by atoms with van der Waals surface area (Å²) in [5.41, 5.74) is 0.767. The van der Waals surface area contributed by atoms with E-state index in [1.165, 1.54) is 12.1 Å². The molecule has 0 spiro atoms. The lowest BCUT2D eigenvalue weighted by molar-refractivity contribution is -0.115. The third-order valence-electron chi connectivity index (χ3n) is 1.94. The van der Waals surface area contributed by atoms with E-state index >= 15 is 0 Å². The number of nitrogens with one attached hydrogen (secondary N) is 1. The highest BCUT2D eigenvalue weighted by Crippen LogP contribution is 2.08. The highest BCUT2D eigenvalue weighted by molar-refractivity contribution is 7.89. The Kier molecular flexibility index (Phi) is 4.26. The summed E-state index contributed by atoms with van der Waals surface area (Å²) in [7, 11) is -3.67. The zero-order valence-electron chi connectivity index (χ0n) is 9.23. The smallest absolute Gasteiger partial charge is 0.296 e. The molecule has 0 aliphatic heterocycles. The molecular formula is C11H12N2O3S. The fourth-order valence-electron chi connectivity index (χ4n) is 1.14. The summed E-state index contributed by atoms with van der Waals surface area (Å²) in [4.78, 5) is 11.1. The van der Waals surface area contributed by atoms with E-state index in [0.29, 0.717) is 6.54 Å². The van der Waals surface area contributed by atoms with E-state index in [4.69, 9.17) is 5.14 Å². The van der Waals surface area contributed by atoms with E-state index in [-0.39, 0.29) is 10.8 Å². The van der Waals surface area contributed by atoms with Crippen LogP contribution in [-0.4, -0.2) is 14.3 Å². The lowest BCUT2D eigenvalue weighted by Crippen LogP contribution is -2.20. The number of nitrogens with two attached hydrogens (primary N) is 1. The van der Waals surface area contributed by atoms with Crippen LogP contribution < -0.4 is 10.5 Å². The fourth-order valence-corrected chi connectivity index (χ4v) is 1.65. The van der Waals surface area contributed by atoms with Gasteiger partial charge in [-0.05, 0) is 30.5 Å². The van der Waals surface area contributed by atoms with Gasteiger partial charge in [0.1, 0.15) is 0 Å². The molecule has 1 rings (SSSR count). The van der Waals surface area contributed by atoms with Crippen molar-refractivity contribution in [2.45, 2.75) is 18.4 Å². The van der Waals surface area contributed by atoms with Gasteiger partial charge in [-0.25, -0.2) is 13.6 Å². The van der Waals surface area contributed by atoms with Gasteiger partial charge in [-0.1, -0.05) is 18.1 Å². The lowest BCUT2D eigenvalue weighted by atomic mass is 10.2. The van der Waals surface area contributed by atoms with E-state index in [9.17, 15) is 13.2 Å². The minimum absolute atomic E-state index is 0.0425. The predicted molar refractivity (Wildman–Crippen MR) is 63.1 cm³/mol. The van der Waals surface area contributed by atoms with Crippen molar-refractivity contribution in [3.05, 3.63) is 29.8 Å². The Hall–Kier alpha value is -1.84. The van der Waals surface area contributed by atoms with Gasteiger partial charge in [0.25, 0.3) is 5.91 Å². The second-order valence-electron chi connectivity index (χ2n) is 3.25. The van der Waals surface area contributed by atoms with Crippen LogP contribution in [0.5, 0.6) is 0 Å². The van der Waals surface area contributed by atoms with Crippen molar-refractivity contribution in [3.63, 3.8) is 0 Å². The van der Waals surface area contributed by atoms with Crippen LogP contribution in [0.4, 0.5) is 0 Å². The van der Waals surface area contributed by atoms with Crippen LogP contribution in [0, 0.1) is 11.8 Å². The summed E-state index contributed by atoms with van der Waals surface area (Å²) in [5, 5.41) is 7.52. The molecule has 0 radical (unpaired) electrons. The van der Waals surface area contributed by atoms with Crippen molar-refractivity contribution in [3.8, 4) is 11.8 Å². The number of hydrogen-bond donors (Lipinski definition) is 2. The molecule has 0 heterocycles. The van der Waals surface area contributed by atoms with Crippen LogP contribution in [0.1, 0.15) is 12.5 Å². The van der Waals surface area contributed by atoms with E-state index in [1.807, 2.05) is 0 Å². The van der Waals surface area contributed by atoms with Gasteiger partial charge in [-0.2, -0.15) is 0 Å². The predicted octanol–water partition coefficient (Wildman–Crippen LogP) is -0.0265. The number of primary sulfonamides is 1. The second kappa shape index (κ2) is 5.48. The second-order valence-corrected chi connectivity index (χ2v) is 4.81. The van der Waals surface area contributed by atoms with Crippen molar-refractivity contribution in [2.75, 3.05) is 0 Å². The largest absolute Gasteiger partial charge is 0.341 e. The molecule has 90 valence electrons. The topological polar surface area (TPSA) is 89.3 Å². The van der Waals surface area contributed by atoms with Gasteiger partial charge >= 0.3 is 0 Å². The molecule has 1 amide bonds. The summed E-state index contributed by atoms with van der Waals surface area (Å²) in [6.45, 7) is 1.86. The van der Waals surface area contributed by atoms with E-state index in [0.717, 1.165) is 5.56 Å². The third-order valence-corrected chi connectivity index (χ3v) is 2.87. The number of rotatable bonds is 3. The molecular weight excluding hydrogens is 240 g/mol. The van der Waals surface area contributed by atoms with Gasteiger partial charge in [-0.15, -0.1) is 0 Å². The Balaban J connectivity index is 2.69. The number of hydrogen-bond acceptors (Lipinski definition) is 3. The standard InChI is InChI=1S/C11H12N2O3S/c1-2-3-11(14)13-8-9-4-6-10(7-5-9)17(12,15)16/h4-7H,8H2,1H3,(H,13,14)(H2,12,15,16). The monoisotopic (exact) mass is 252 g/mol. The molecule has 6 heteroatoms. The number of carbonyl (C=O) groups excluding carboxylic acids is 1. The Labute approximate surface area is 100 Å². The Morgan fingerprint density at radius 3 is 2.41 bits per heavy atom. The quantitative estimate of drug-likeness (QED) is 0.740. The molecule has 0 fully saturated rings. The van der Waals surface area contributed by atoms with Gasteiger partial charge in [0.15, 0.2) is 0 Å². The summed E-state index contributed by atoms with van der Waals surface area (Å²) in [6.07, 6.45) is 0. The number of sulfonamides is 1. The molecule has 17 heavy (non-hydrogen) atoms. The zero-order chi connectivity index (χ0) is 12.9. The lowest BCUT2D eigenvalue weighted by Gasteiger charge is -2.03. The maximum absolute atomic E-state index is 11.0. The molecule has 0 aromatic heterocycles. The van der Waals surface area contributed by atoms with E-state index < -0.39 is 10.0 Å². The molecule has 1 aromatic rings. The Morgan fingerprint density at radius 1 is 1.35 bits per heavy atom. The number of benzene rings is 1. The minimum atomic E-state index is -3.67. The first-order valence-corrected chi connectivity index (χ1v) is 6.30. The van der Waals surface area contributed by atoms with Crippen LogP contribution in [0.3, 0.4) is 0 Å². The van der Waals surface area contributed by atoms with Crippen LogP contribution >= 0.6 is 0 Å².